The molecule has 0 aromatic carbocycles. The molecule has 0 bridgehead atoms. The third-order valence-corrected chi connectivity index (χ3v) is 3.63. The van der Waals surface area contributed by atoms with E-state index in [9.17, 15) is 9.59 Å². The average Bonchev–Trinajstić information content (AvgIpc) is 2.55. The Morgan fingerprint density at radius 2 is 1.17 bits per heavy atom. The van der Waals surface area contributed by atoms with Crippen LogP contribution in [0.1, 0.15) is 84.0 Å². The molecule has 0 unspecified atom stereocenters. The van der Waals surface area contributed by atoms with Crippen LogP contribution in [0.5, 0.6) is 0 Å². The van der Waals surface area contributed by atoms with Crippen molar-refractivity contribution < 1.29 is 24.2 Å². The van der Waals surface area contributed by atoms with Gasteiger partial charge in [-0.2, -0.15) is 0 Å². The summed E-state index contributed by atoms with van der Waals surface area (Å²) in [5, 5.41) is 8.51. The lowest BCUT2D eigenvalue weighted by molar-refractivity contribution is -0.146. The fraction of sp³-hybridized carbons (Fsp3) is 0.889. The molecular weight excluding hydrogens is 296 g/mol. The molecule has 0 aromatic rings. The van der Waals surface area contributed by atoms with E-state index in [1.807, 2.05) is 0 Å². The van der Waals surface area contributed by atoms with E-state index in [1.165, 1.54) is 38.5 Å². The van der Waals surface area contributed by atoms with Gasteiger partial charge in [-0.1, -0.05) is 51.9 Å². The average molecular weight is 330 g/mol. The van der Waals surface area contributed by atoms with Crippen molar-refractivity contribution in [3.8, 4) is 0 Å². The van der Waals surface area contributed by atoms with Crippen LogP contribution in [0.15, 0.2) is 0 Å². The van der Waals surface area contributed by atoms with Crippen LogP contribution in [0, 0.1) is 0 Å². The number of carbonyl (C=O) groups is 2. The van der Waals surface area contributed by atoms with Gasteiger partial charge in [0.1, 0.15) is 6.61 Å². The first-order chi connectivity index (χ1) is 11.2. The van der Waals surface area contributed by atoms with Crippen molar-refractivity contribution >= 4 is 11.9 Å². The third-order valence-electron chi connectivity index (χ3n) is 3.63. The number of ether oxygens (including phenoxy) is 2. The Balaban J connectivity index is 3.26. The second-order valence-corrected chi connectivity index (χ2v) is 5.85. The topological polar surface area (TPSA) is 72.8 Å². The lowest BCUT2D eigenvalue weighted by atomic mass is 10.1. The number of hydrogen-bond acceptors (Lipinski definition) is 5. The van der Waals surface area contributed by atoms with E-state index >= 15 is 0 Å². The largest absolute Gasteiger partial charge is 0.466 e. The van der Waals surface area contributed by atoms with E-state index < -0.39 is 0 Å². The van der Waals surface area contributed by atoms with Crippen LogP contribution in [0.25, 0.3) is 0 Å². The molecule has 0 aliphatic rings. The van der Waals surface area contributed by atoms with Crippen LogP contribution >= 0.6 is 0 Å². The number of aliphatic hydroxyl groups is 1. The van der Waals surface area contributed by atoms with Crippen LogP contribution in [0.4, 0.5) is 0 Å². The van der Waals surface area contributed by atoms with Gasteiger partial charge in [0, 0.05) is 12.8 Å². The highest BCUT2D eigenvalue weighted by Crippen LogP contribution is 2.09. The molecule has 1 N–H and O–H groups in total. The summed E-state index contributed by atoms with van der Waals surface area (Å²) in [6.07, 6.45) is 11.7. The Morgan fingerprint density at radius 1 is 0.696 bits per heavy atom. The van der Waals surface area contributed by atoms with Gasteiger partial charge in [-0.15, -0.1) is 0 Å². The third kappa shape index (κ3) is 17.1. The van der Waals surface area contributed by atoms with Crippen molar-refractivity contribution in [2.75, 3.05) is 19.8 Å². The number of esters is 2. The molecule has 0 fully saturated rings. The molecular formula is C18H34O5. The molecule has 0 aromatic heterocycles. The predicted molar refractivity (Wildman–Crippen MR) is 90.1 cm³/mol. The first-order valence-corrected chi connectivity index (χ1v) is 9.12. The zero-order chi connectivity index (χ0) is 17.2. The van der Waals surface area contributed by atoms with Gasteiger partial charge in [0.2, 0.25) is 0 Å². The predicted octanol–water partition coefficient (Wildman–Crippen LogP) is 3.77. The molecule has 0 aliphatic carbocycles. The van der Waals surface area contributed by atoms with Gasteiger partial charge in [-0.25, -0.2) is 0 Å². The molecule has 0 saturated heterocycles. The Bertz CT molecular complexity index is 291. The minimum atomic E-state index is -0.327. The van der Waals surface area contributed by atoms with Crippen molar-refractivity contribution in [3.05, 3.63) is 0 Å². The Kier molecular flexibility index (Phi) is 16.4. The van der Waals surface area contributed by atoms with Crippen LogP contribution < -0.4 is 0 Å². The number of carbonyl (C=O) groups excluding carboxylic acids is 2. The number of rotatable bonds is 16. The maximum Gasteiger partial charge on any atom is 0.305 e. The van der Waals surface area contributed by atoms with Gasteiger partial charge in [0.05, 0.1) is 13.2 Å². The van der Waals surface area contributed by atoms with E-state index in [0.29, 0.717) is 25.9 Å². The Labute approximate surface area is 140 Å². The Hall–Kier alpha value is -1.10. The molecule has 23 heavy (non-hydrogen) atoms. The molecule has 136 valence electrons. The standard InChI is InChI=1S/C18H34O5/c1-2-3-4-5-6-7-8-11-15-22-17(20)12-9-10-13-18(21)23-16-14-19/h19H,2-16H2,1H3. The molecule has 0 rings (SSSR count). The van der Waals surface area contributed by atoms with Crippen LogP contribution in [0.3, 0.4) is 0 Å². The molecule has 0 aliphatic heterocycles. The van der Waals surface area contributed by atoms with Crippen molar-refractivity contribution in [1.29, 1.82) is 0 Å². The number of aliphatic hydroxyl groups excluding tert-OH is 1. The molecule has 5 heteroatoms. The molecule has 0 atom stereocenters. The SMILES string of the molecule is CCCCCCCCCCOC(=O)CCCCC(=O)OCCO. The first kappa shape index (κ1) is 21.9. The van der Waals surface area contributed by atoms with Gasteiger partial charge in [-0.05, 0) is 19.3 Å². The quantitative estimate of drug-likeness (QED) is 0.344. The van der Waals surface area contributed by atoms with E-state index in [4.69, 9.17) is 14.6 Å². The molecule has 0 spiro atoms. The lowest BCUT2D eigenvalue weighted by Crippen LogP contribution is -2.09. The summed E-state index contributed by atoms with van der Waals surface area (Å²) < 4.78 is 9.90. The van der Waals surface area contributed by atoms with E-state index in [1.54, 1.807) is 0 Å². The second-order valence-electron chi connectivity index (χ2n) is 5.85. The van der Waals surface area contributed by atoms with Crippen LogP contribution in [0.2, 0.25) is 0 Å². The fourth-order valence-corrected chi connectivity index (χ4v) is 2.26. The summed E-state index contributed by atoms with van der Waals surface area (Å²) in [7, 11) is 0. The summed E-state index contributed by atoms with van der Waals surface area (Å²) in [4.78, 5) is 22.6. The maximum atomic E-state index is 11.5. The van der Waals surface area contributed by atoms with Crippen molar-refractivity contribution in [3.63, 3.8) is 0 Å². The molecule has 0 heterocycles. The second kappa shape index (κ2) is 17.3. The minimum Gasteiger partial charge on any atom is -0.466 e. The molecule has 0 radical (unpaired) electrons. The van der Waals surface area contributed by atoms with Crippen LogP contribution in [-0.4, -0.2) is 36.9 Å². The number of unbranched alkanes of at least 4 members (excludes halogenated alkanes) is 8. The van der Waals surface area contributed by atoms with Crippen molar-refractivity contribution in [1.82, 2.24) is 0 Å². The molecule has 0 saturated carbocycles. The summed E-state index contributed by atoms with van der Waals surface area (Å²) in [5.74, 6) is -0.511. The highest BCUT2D eigenvalue weighted by molar-refractivity contribution is 5.70. The monoisotopic (exact) mass is 330 g/mol. The first-order valence-electron chi connectivity index (χ1n) is 9.12. The van der Waals surface area contributed by atoms with Crippen molar-refractivity contribution in [2.45, 2.75) is 84.0 Å². The summed E-state index contributed by atoms with van der Waals surface area (Å²) >= 11 is 0. The summed E-state index contributed by atoms with van der Waals surface area (Å²) in [6, 6.07) is 0. The highest BCUT2D eigenvalue weighted by Gasteiger charge is 2.05. The maximum absolute atomic E-state index is 11.5. The van der Waals surface area contributed by atoms with E-state index in [0.717, 1.165) is 12.8 Å². The normalized spacial score (nSPS) is 10.5. The zero-order valence-corrected chi connectivity index (χ0v) is 14.7. The fourth-order valence-electron chi connectivity index (χ4n) is 2.26. The van der Waals surface area contributed by atoms with Crippen molar-refractivity contribution in [2.24, 2.45) is 0 Å². The Morgan fingerprint density at radius 3 is 1.70 bits per heavy atom. The van der Waals surface area contributed by atoms with E-state index in [2.05, 4.69) is 6.92 Å². The van der Waals surface area contributed by atoms with E-state index in [-0.39, 0.29) is 31.6 Å². The van der Waals surface area contributed by atoms with Gasteiger partial charge in [0.15, 0.2) is 0 Å². The highest BCUT2D eigenvalue weighted by atomic mass is 16.5. The lowest BCUT2D eigenvalue weighted by Gasteiger charge is -2.05. The number of hydrogen-bond donors (Lipinski definition) is 1. The zero-order valence-electron chi connectivity index (χ0n) is 14.7. The molecule has 0 amide bonds. The van der Waals surface area contributed by atoms with Gasteiger partial charge < -0.3 is 14.6 Å². The van der Waals surface area contributed by atoms with Gasteiger partial charge >= 0.3 is 11.9 Å². The summed E-state index contributed by atoms with van der Waals surface area (Å²) in [5.41, 5.74) is 0. The smallest absolute Gasteiger partial charge is 0.305 e. The van der Waals surface area contributed by atoms with Gasteiger partial charge in [-0.3, -0.25) is 9.59 Å². The van der Waals surface area contributed by atoms with Crippen LogP contribution in [-0.2, 0) is 19.1 Å². The van der Waals surface area contributed by atoms with Gasteiger partial charge in [0.25, 0.3) is 0 Å². The summed E-state index contributed by atoms with van der Waals surface area (Å²) in [6.45, 7) is 2.61. The molecule has 5 nitrogen and oxygen atoms in total. The minimum absolute atomic E-state index is 0.0411.